The summed E-state index contributed by atoms with van der Waals surface area (Å²) in [6, 6.07) is 2.48. The molecule has 0 atom stereocenters. The van der Waals surface area contributed by atoms with Gasteiger partial charge in [0.25, 0.3) is 5.56 Å². The van der Waals surface area contributed by atoms with Crippen LogP contribution in [0.1, 0.15) is 37.8 Å². The smallest absolute Gasteiger partial charge is 0.349 e. The van der Waals surface area contributed by atoms with Crippen LogP contribution < -0.4 is 5.56 Å². The van der Waals surface area contributed by atoms with E-state index in [4.69, 9.17) is 4.74 Å². The number of hydrogen-bond acceptors (Lipinski definition) is 6. The maximum Gasteiger partial charge on any atom is 0.349 e. The Morgan fingerprint density at radius 2 is 2.11 bits per heavy atom. The van der Waals surface area contributed by atoms with Crippen molar-refractivity contribution in [3.8, 4) is 0 Å². The summed E-state index contributed by atoms with van der Waals surface area (Å²) in [5.74, 6) is -2.64. The Labute approximate surface area is 161 Å². The van der Waals surface area contributed by atoms with Gasteiger partial charge in [-0.2, -0.15) is 0 Å². The van der Waals surface area contributed by atoms with Gasteiger partial charge in [0.15, 0.2) is 6.61 Å². The van der Waals surface area contributed by atoms with Gasteiger partial charge in [-0.25, -0.2) is 18.6 Å². The molecule has 0 unspecified atom stereocenters. The van der Waals surface area contributed by atoms with E-state index in [-0.39, 0.29) is 10.4 Å². The summed E-state index contributed by atoms with van der Waals surface area (Å²) in [5, 5.41) is 0.366. The van der Waals surface area contributed by atoms with Crippen molar-refractivity contribution < 1.29 is 23.1 Å². The molecule has 9 heteroatoms. The molecule has 0 saturated carbocycles. The SMILES string of the molecule is Cc1c(C(=O)OCC(=O)c2cc(F)ccc2F)sc2nc3n(c(=O)c12)CCC3. The molecule has 28 heavy (non-hydrogen) atoms. The molecule has 0 aliphatic carbocycles. The number of ketones is 1. The maximum atomic E-state index is 13.7. The van der Waals surface area contributed by atoms with E-state index in [9.17, 15) is 23.2 Å². The number of halogens is 2. The first-order valence-electron chi connectivity index (χ1n) is 8.55. The predicted octanol–water partition coefficient (Wildman–Crippen LogP) is 3.03. The molecular formula is C19H14F2N2O4S. The second kappa shape index (κ2) is 6.90. The van der Waals surface area contributed by atoms with Crippen LogP contribution in [0.2, 0.25) is 0 Å². The Kier molecular flexibility index (Phi) is 4.54. The van der Waals surface area contributed by atoms with Crippen molar-refractivity contribution in [2.45, 2.75) is 26.3 Å². The van der Waals surface area contributed by atoms with Crippen molar-refractivity contribution in [3.05, 3.63) is 62.0 Å². The molecule has 0 radical (unpaired) electrons. The number of thiophene rings is 1. The summed E-state index contributed by atoms with van der Waals surface area (Å²) in [7, 11) is 0. The fourth-order valence-corrected chi connectivity index (χ4v) is 4.34. The van der Waals surface area contributed by atoms with E-state index in [2.05, 4.69) is 4.98 Å². The summed E-state index contributed by atoms with van der Waals surface area (Å²) >= 11 is 1.02. The van der Waals surface area contributed by atoms with Gasteiger partial charge in [0.2, 0.25) is 5.78 Å². The van der Waals surface area contributed by atoms with E-state index in [1.807, 2.05) is 0 Å². The first-order valence-corrected chi connectivity index (χ1v) is 9.36. The van der Waals surface area contributed by atoms with Crippen LogP contribution in [0.4, 0.5) is 8.78 Å². The lowest BCUT2D eigenvalue weighted by molar-refractivity contribution is 0.0477. The van der Waals surface area contributed by atoms with Crippen LogP contribution in [0.3, 0.4) is 0 Å². The number of Topliss-reactive ketones (excluding diaryl/α,β-unsaturated/α-hetero) is 1. The van der Waals surface area contributed by atoms with Crippen molar-refractivity contribution >= 4 is 33.3 Å². The molecule has 0 saturated heterocycles. The van der Waals surface area contributed by atoms with Gasteiger partial charge < -0.3 is 4.74 Å². The highest BCUT2D eigenvalue weighted by molar-refractivity contribution is 7.20. The van der Waals surface area contributed by atoms with E-state index in [1.54, 1.807) is 11.5 Å². The normalized spacial score (nSPS) is 13.0. The van der Waals surface area contributed by atoms with Crippen LogP contribution in [0.15, 0.2) is 23.0 Å². The highest BCUT2D eigenvalue weighted by Crippen LogP contribution is 2.29. The number of carbonyl (C=O) groups is 2. The largest absolute Gasteiger partial charge is 0.453 e. The molecule has 0 bridgehead atoms. The van der Waals surface area contributed by atoms with Crippen molar-refractivity contribution in [2.24, 2.45) is 0 Å². The Morgan fingerprint density at radius 3 is 2.89 bits per heavy atom. The van der Waals surface area contributed by atoms with Crippen LogP contribution in [-0.4, -0.2) is 27.9 Å². The van der Waals surface area contributed by atoms with Gasteiger partial charge >= 0.3 is 5.97 Å². The lowest BCUT2D eigenvalue weighted by Crippen LogP contribution is -2.20. The standard InChI is InChI=1S/C19H14F2N2O4S/c1-9-15-17(22-14-3-2-6-23(14)18(15)25)28-16(9)19(26)27-8-13(24)11-7-10(20)4-5-12(11)21/h4-5,7H,2-3,6,8H2,1H3. The zero-order valence-corrected chi connectivity index (χ0v) is 15.6. The molecule has 3 aromatic rings. The average molecular weight is 404 g/mol. The quantitative estimate of drug-likeness (QED) is 0.493. The summed E-state index contributed by atoms with van der Waals surface area (Å²) < 4.78 is 33.5. The van der Waals surface area contributed by atoms with Crippen molar-refractivity contribution in [3.63, 3.8) is 0 Å². The van der Waals surface area contributed by atoms with Crippen LogP contribution in [0.5, 0.6) is 0 Å². The van der Waals surface area contributed by atoms with Crippen LogP contribution in [0.25, 0.3) is 10.2 Å². The number of esters is 1. The summed E-state index contributed by atoms with van der Waals surface area (Å²) in [5.41, 5.74) is -0.241. The fraction of sp³-hybridized carbons (Fsp3) is 0.263. The number of ether oxygens (including phenoxy) is 1. The fourth-order valence-electron chi connectivity index (χ4n) is 3.26. The van der Waals surface area contributed by atoms with Gasteiger partial charge in [0, 0.05) is 13.0 Å². The van der Waals surface area contributed by atoms with Crippen molar-refractivity contribution in [2.75, 3.05) is 6.61 Å². The minimum absolute atomic E-state index is 0.163. The van der Waals surface area contributed by atoms with Gasteiger partial charge in [-0.15, -0.1) is 11.3 Å². The second-order valence-corrected chi connectivity index (χ2v) is 7.45. The molecule has 6 nitrogen and oxygen atoms in total. The van der Waals surface area contributed by atoms with Crippen LogP contribution >= 0.6 is 11.3 Å². The molecule has 1 aromatic carbocycles. The Balaban J connectivity index is 1.59. The van der Waals surface area contributed by atoms with Crippen LogP contribution in [0, 0.1) is 18.6 Å². The molecular weight excluding hydrogens is 390 g/mol. The number of aromatic nitrogens is 2. The summed E-state index contributed by atoms with van der Waals surface area (Å²) in [4.78, 5) is 42.2. The van der Waals surface area contributed by atoms with Gasteiger partial charge in [-0.05, 0) is 37.1 Å². The minimum Gasteiger partial charge on any atom is -0.453 e. The van der Waals surface area contributed by atoms with Gasteiger partial charge in [0.05, 0.1) is 10.9 Å². The molecule has 1 aliphatic heterocycles. The monoisotopic (exact) mass is 404 g/mol. The number of aryl methyl sites for hydroxylation is 2. The lowest BCUT2D eigenvalue weighted by atomic mass is 10.1. The van der Waals surface area contributed by atoms with Crippen LogP contribution in [-0.2, 0) is 17.7 Å². The molecule has 0 spiro atoms. The third-order valence-electron chi connectivity index (χ3n) is 4.66. The highest BCUT2D eigenvalue weighted by atomic mass is 32.1. The van der Waals surface area contributed by atoms with E-state index in [1.165, 1.54) is 0 Å². The molecule has 2 aromatic heterocycles. The summed E-state index contributed by atoms with van der Waals surface area (Å²) in [6.07, 6.45) is 1.56. The number of carbonyl (C=O) groups excluding carboxylic acids is 2. The minimum atomic E-state index is -0.896. The first kappa shape index (κ1) is 18.4. The molecule has 0 fully saturated rings. The third-order valence-corrected chi connectivity index (χ3v) is 5.83. The molecule has 4 rings (SSSR count). The zero-order chi connectivity index (χ0) is 20.0. The molecule has 0 amide bonds. The van der Waals surface area contributed by atoms with Crippen molar-refractivity contribution in [1.82, 2.24) is 9.55 Å². The number of benzene rings is 1. The van der Waals surface area contributed by atoms with E-state index in [0.717, 1.165) is 36.0 Å². The Bertz CT molecular complexity index is 1200. The topological polar surface area (TPSA) is 78.3 Å². The van der Waals surface area contributed by atoms with E-state index < -0.39 is 35.6 Å². The number of hydrogen-bond donors (Lipinski definition) is 0. The summed E-state index contributed by atoms with van der Waals surface area (Å²) in [6.45, 7) is 1.48. The Morgan fingerprint density at radius 1 is 1.32 bits per heavy atom. The van der Waals surface area contributed by atoms with E-state index in [0.29, 0.717) is 34.6 Å². The van der Waals surface area contributed by atoms with Gasteiger partial charge in [0.1, 0.15) is 27.2 Å². The van der Waals surface area contributed by atoms with Gasteiger partial charge in [-0.3, -0.25) is 14.2 Å². The molecule has 144 valence electrons. The molecule has 1 aliphatic rings. The molecule has 3 heterocycles. The molecule has 0 N–H and O–H groups in total. The number of fused-ring (bicyclic) bond motifs is 2. The second-order valence-electron chi connectivity index (χ2n) is 6.45. The predicted molar refractivity (Wildman–Crippen MR) is 97.9 cm³/mol. The highest BCUT2D eigenvalue weighted by Gasteiger charge is 2.25. The Hall–Kier alpha value is -2.94. The van der Waals surface area contributed by atoms with Gasteiger partial charge in [-0.1, -0.05) is 0 Å². The first-order chi connectivity index (χ1) is 13.4. The average Bonchev–Trinajstić information content (AvgIpc) is 3.26. The maximum absolute atomic E-state index is 13.7. The lowest BCUT2D eigenvalue weighted by Gasteiger charge is -2.05. The third kappa shape index (κ3) is 3.01. The van der Waals surface area contributed by atoms with Crippen molar-refractivity contribution in [1.29, 1.82) is 0 Å². The van der Waals surface area contributed by atoms with E-state index >= 15 is 0 Å². The number of nitrogens with zero attached hydrogens (tertiary/aromatic N) is 2. The number of rotatable bonds is 4. The zero-order valence-electron chi connectivity index (χ0n) is 14.8.